The molecule has 1 aromatic carbocycles. The number of carbonyl (C=O) groups is 1. The van der Waals surface area contributed by atoms with Crippen LogP contribution in [0.5, 0.6) is 0 Å². The van der Waals surface area contributed by atoms with Crippen molar-refractivity contribution in [3.05, 3.63) is 60.4 Å². The smallest absolute Gasteiger partial charge is 0.273 e. The van der Waals surface area contributed by atoms with Crippen LogP contribution in [0.4, 0.5) is 5.82 Å². The van der Waals surface area contributed by atoms with Crippen molar-refractivity contribution in [1.29, 1.82) is 0 Å². The second-order valence-corrected chi connectivity index (χ2v) is 4.15. The number of nitrogens with two attached hydrogens (primary N) is 1. The van der Waals surface area contributed by atoms with Gasteiger partial charge in [-0.25, -0.2) is 15.8 Å². The first-order valence-corrected chi connectivity index (χ1v) is 5.83. The van der Waals surface area contributed by atoms with E-state index in [1.165, 1.54) is 0 Å². The monoisotopic (exact) mass is 252 g/mol. The zero-order chi connectivity index (χ0) is 13.2. The first kappa shape index (κ1) is 11.4. The van der Waals surface area contributed by atoms with Gasteiger partial charge < -0.3 is 4.98 Å². The predicted molar refractivity (Wildman–Crippen MR) is 73.5 cm³/mol. The average Bonchev–Trinajstić information content (AvgIpc) is 2.94. The Kier molecular flexibility index (Phi) is 2.74. The lowest BCUT2D eigenvalue weighted by atomic mass is 10.2. The van der Waals surface area contributed by atoms with Crippen LogP contribution in [0.25, 0.3) is 10.9 Å². The van der Waals surface area contributed by atoms with E-state index >= 15 is 0 Å². The van der Waals surface area contributed by atoms with Crippen LogP contribution in [0, 0.1) is 0 Å². The number of hydrogen-bond acceptors (Lipinski definition) is 3. The summed E-state index contributed by atoms with van der Waals surface area (Å²) in [7, 11) is 0. The zero-order valence-electron chi connectivity index (χ0n) is 10.1. The minimum Gasteiger partial charge on any atom is -0.360 e. The molecule has 0 saturated carbocycles. The second kappa shape index (κ2) is 4.55. The third-order valence-electron chi connectivity index (χ3n) is 2.91. The standard InChI is InChI=1S/C14H12N4O/c15-18(14(19)10-4-2-1-3-5-10)13-8-11-6-7-16-12(11)9-17-13/h1-9,16H,15H2. The summed E-state index contributed by atoms with van der Waals surface area (Å²) in [5, 5.41) is 2.02. The summed E-state index contributed by atoms with van der Waals surface area (Å²) in [6.45, 7) is 0. The van der Waals surface area contributed by atoms with Gasteiger partial charge in [-0.3, -0.25) is 4.79 Å². The van der Waals surface area contributed by atoms with E-state index in [2.05, 4.69) is 9.97 Å². The quantitative estimate of drug-likeness (QED) is 0.416. The third-order valence-corrected chi connectivity index (χ3v) is 2.91. The Morgan fingerprint density at radius 3 is 2.79 bits per heavy atom. The predicted octanol–water partition coefficient (Wildman–Crippen LogP) is 2.08. The first-order valence-electron chi connectivity index (χ1n) is 5.83. The molecule has 0 aliphatic heterocycles. The number of benzene rings is 1. The number of anilines is 1. The maximum atomic E-state index is 12.2. The molecule has 3 N–H and O–H groups in total. The van der Waals surface area contributed by atoms with Gasteiger partial charge in [-0.05, 0) is 24.3 Å². The molecule has 0 aliphatic rings. The summed E-state index contributed by atoms with van der Waals surface area (Å²) in [5.74, 6) is 5.97. The molecule has 19 heavy (non-hydrogen) atoms. The van der Waals surface area contributed by atoms with Gasteiger partial charge in [-0.2, -0.15) is 0 Å². The maximum absolute atomic E-state index is 12.2. The van der Waals surface area contributed by atoms with Gasteiger partial charge in [0.2, 0.25) is 0 Å². The van der Waals surface area contributed by atoms with E-state index in [-0.39, 0.29) is 5.91 Å². The van der Waals surface area contributed by atoms with Gasteiger partial charge in [-0.15, -0.1) is 0 Å². The molecule has 2 heterocycles. The molecule has 0 fully saturated rings. The molecule has 3 aromatic rings. The Morgan fingerprint density at radius 2 is 2.00 bits per heavy atom. The zero-order valence-corrected chi connectivity index (χ0v) is 10.1. The Bertz CT molecular complexity index is 720. The number of hydrogen-bond donors (Lipinski definition) is 2. The van der Waals surface area contributed by atoms with Crippen LogP contribution in [-0.2, 0) is 0 Å². The molecule has 3 rings (SSSR count). The molecule has 0 spiro atoms. The molecule has 0 unspecified atom stereocenters. The number of carbonyl (C=O) groups excluding carboxylic acids is 1. The van der Waals surface area contributed by atoms with Crippen LogP contribution >= 0.6 is 0 Å². The third kappa shape index (κ3) is 2.07. The number of H-pyrrole nitrogens is 1. The molecule has 5 heteroatoms. The van der Waals surface area contributed by atoms with E-state index in [0.717, 1.165) is 15.9 Å². The van der Waals surface area contributed by atoms with E-state index in [9.17, 15) is 4.79 Å². The lowest BCUT2D eigenvalue weighted by molar-refractivity contribution is 0.0986. The van der Waals surface area contributed by atoms with E-state index in [1.807, 2.05) is 18.3 Å². The van der Waals surface area contributed by atoms with Crippen LogP contribution in [0.2, 0.25) is 0 Å². The van der Waals surface area contributed by atoms with E-state index in [0.29, 0.717) is 11.4 Å². The summed E-state index contributed by atoms with van der Waals surface area (Å²) in [6, 6.07) is 12.6. The van der Waals surface area contributed by atoms with Crippen LogP contribution in [-0.4, -0.2) is 15.9 Å². The van der Waals surface area contributed by atoms with Crippen molar-refractivity contribution >= 4 is 22.6 Å². The molecule has 0 bridgehead atoms. The van der Waals surface area contributed by atoms with Crippen molar-refractivity contribution in [3.8, 4) is 0 Å². The molecule has 0 radical (unpaired) electrons. The van der Waals surface area contributed by atoms with Crippen LogP contribution < -0.4 is 10.9 Å². The Labute approximate surface area is 109 Å². The molecule has 94 valence electrons. The van der Waals surface area contributed by atoms with Gasteiger partial charge in [0.1, 0.15) is 0 Å². The van der Waals surface area contributed by atoms with Crippen molar-refractivity contribution in [2.45, 2.75) is 0 Å². The minimum atomic E-state index is -0.289. The van der Waals surface area contributed by atoms with E-state index in [1.54, 1.807) is 36.5 Å². The Morgan fingerprint density at radius 1 is 1.21 bits per heavy atom. The lowest BCUT2D eigenvalue weighted by Crippen LogP contribution is -2.38. The van der Waals surface area contributed by atoms with Crippen LogP contribution in [0.15, 0.2) is 54.9 Å². The number of aromatic amines is 1. The SMILES string of the molecule is NN(C(=O)c1ccccc1)c1cc2cc[nH]c2cn1. The Hall–Kier alpha value is -2.66. The minimum absolute atomic E-state index is 0.289. The fourth-order valence-corrected chi connectivity index (χ4v) is 1.89. The Balaban J connectivity index is 1.94. The topological polar surface area (TPSA) is 75.0 Å². The summed E-state index contributed by atoms with van der Waals surface area (Å²) in [5.41, 5.74) is 1.44. The lowest BCUT2D eigenvalue weighted by Gasteiger charge is -2.15. The van der Waals surface area contributed by atoms with Gasteiger partial charge in [0, 0.05) is 17.1 Å². The second-order valence-electron chi connectivity index (χ2n) is 4.15. The number of pyridine rings is 1. The highest BCUT2D eigenvalue weighted by molar-refractivity contribution is 6.05. The molecule has 2 aromatic heterocycles. The van der Waals surface area contributed by atoms with Crippen molar-refractivity contribution in [3.63, 3.8) is 0 Å². The average molecular weight is 252 g/mol. The molecule has 1 amide bonds. The fourth-order valence-electron chi connectivity index (χ4n) is 1.89. The highest BCUT2D eigenvalue weighted by atomic mass is 16.2. The van der Waals surface area contributed by atoms with Crippen molar-refractivity contribution < 1.29 is 4.79 Å². The summed E-state index contributed by atoms with van der Waals surface area (Å²) < 4.78 is 0. The molecular formula is C14H12N4O. The summed E-state index contributed by atoms with van der Waals surface area (Å²) >= 11 is 0. The van der Waals surface area contributed by atoms with Gasteiger partial charge in [0.25, 0.3) is 5.91 Å². The van der Waals surface area contributed by atoms with E-state index < -0.39 is 0 Å². The van der Waals surface area contributed by atoms with Gasteiger partial charge >= 0.3 is 0 Å². The number of nitrogens with zero attached hydrogens (tertiary/aromatic N) is 2. The van der Waals surface area contributed by atoms with Crippen molar-refractivity contribution in [2.75, 3.05) is 5.01 Å². The highest BCUT2D eigenvalue weighted by Gasteiger charge is 2.15. The number of hydrazine groups is 1. The molecule has 0 saturated heterocycles. The van der Waals surface area contributed by atoms with Gasteiger partial charge in [0.15, 0.2) is 5.82 Å². The summed E-state index contributed by atoms with van der Waals surface area (Å²) in [4.78, 5) is 19.4. The maximum Gasteiger partial charge on any atom is 0.273 e. The normalized spacial score (nSPS) is 10.6. The molecule has 0 atom stereocenters. The summed E-state index contributed by atoms with van der Waals surface area (Å²) in [6.07, 6.45) is 3.47. The number of amides is 1. The molecule has 0 aliphatic carbocycles. The van der Waals surface area contributed by atoms with Crippen LogP contribution in [0.3, 0.4) is 0 Å². The van der Waals surface area contributed by atoms with Crippen molar-refractivity contribution in [2.24, 2.45) is 5.84 Å². The largest absolute Gasteiger partial charge is 0.360 e. The first-order chi connectivity index (χ1) is 9.25. The van der Waals surface area contributed by atoms with Gasteiger partial charge in [0.05, 0.1) is 11.7 Å². The molecule has 5 nitrogen and oxygen atoms in total. The number of fused-ring (bicyclic) bond motifs is 1. The highest BCUT2D eigenvalue weighted by Crippen LogP contribution is 2.17. The van der Waals surface area contributed by atoms with Gasteiger partial charge in [-0.1, -0.05) is 18.2 Å². The van der Waals surface area contributed by atoms with Crippen LogP contribution in [0.1, 0.15) is 10.4 Å². The number of rotatable bonds is 2. The van der Waals surface area contributed by atoms with E-state index in [4.69, 9.17) is 5.84 Å². The molecular weight excluding hydrogens is 240 g/mol. The number of aromatic nitrogens is 2. The number of nitrogens with one attached hydrogen (secondary N) is 1. The van der Waals surface area contributed by atoms with Crippen molar-refractivity contribution in [1.82, 2.24) is 9.97 Å². The fraction of sp³-hybridized carbons (Fsp3) is 0.